The fourth-order valence-corrected chi connectivity index (χ4v) is 1.51. The summed E-state index contributed by atoms with van der Waals surface area (Å²) in [4.78, 5) is 4.20. The SMILES string of the molecule is CC(N=C(N)NN)C1CCCOC1. The van der Waals surface area contributed by atoms with Crippen molar-refractivity contribution < 1.29 is 4.74 Å². The highest BCUT2D eigenvalue weighted by Gasteiger charge is 2.20. The van der Waals surface area contributed by atoms with E-state index < -0.39 is 0 Å². The highest BCUT2D eigenvalue weighted by molar-refractivity contribution is 5.77. The molecule has 0 radical (unpaired) electrons. The molecule has 5 heteroatoms. The Morgan fingerprint density at radius 3 is 3.00 bits per heavy atom. The van der Waals surface area contributed by atoms with Crippen LogP contribution in [-0.2, 0) is 4.74 Å². The number of nitrogens with zero attached hydrogens (tertiary/aromatic N) is 1. The van der Waals surface area contributed by atoms with Gasteiger partial charge >= 0.3 is 0 Å². The number of nitrogens with two attached hydrogens (primary N) is 2. The van der Waals surface area contributed by atoms with Gasteiger partial charge < -0.3 is 10.5 Å². The highest BCUT2D eigenvalue weighted by Crippen LogP contribution is 2.19. The first kappa shape index (κ1) is 10.3. The molecular weight excluding hydrogens is 168 g/mol. The van der Waals surface area contributed by atoms with E-state index in [4.69, 9.17) is 16.3 Å². The van der Waals surface area contributed by atoms with E-state index in [2.05, 4.69) is 10.4 Å². The molecule has 0 aromatic carbocycles. The predicted octanol–water partition coefficient (Wildman–Crippen LogP) is -0.420. The number of rotatable bonds is 2. The van der Waals surface area contributed by atoms with E-state index in [1.165, 1.54) is 0 Å². The number of ether oxygens (including phenoxy) is 1. The van der Waals surface area contributed by atoms with Crippen LogP contribution in [0.15, 0.2) is 4.99 Å². The lowest BCUT2D eigenvalue weighted by molar-refractivity contribution is 0.0475. The van der Waals surface area contributed by atoms with E-state index in [1.807, 2.05) is 6.92 Å². The van der Waals surface area contributed by atoms with Crippen molar-refractivity contribution in [1.82, 2.24) is 5.43 Å². The van der Waals surface area contributed by atoms with Crippen LogP contribution in [0.1, 0.15) is 19.8 Å². The summed E-state index contributed by atoms with van der Waals surface area (Å²) >= 11 is 0. The number of hydrogen-bond acceptors (Lipinski definition) is 3. The van der Waals surface area contributed by atoms with E-state index in [0.29, 0.717) is 5.92 Å². The summed E-state index contributed by atoms with van der Waals surface area (Å²) in [6, 6.07) is 0.177. The summed E-state index contributed by atoms with van der Waals surface area (Å²) in [5.41, 5.74) is 7.78. The fraction of sp³-hybridized carbons (Fsp3) is 0.875. The van der Waals surface area contributed by atoms with Gasteiger partial charge in [-0.2, -0.15) is 0 Å². The molecule has 76 valence electrons. The molecule has 0 aromatic heterocycles. The summed E-state index contributed by atoms with van der Waals surface area (Å²) in [5, 5.41) is 0. The third kappa shape index (κ3) is 3.20. The topological polar surface area (TPSA) is 85.7 Å². The largest absolute Gasteiger partial charge is 0.381 e. The number of guanidine groups is 1. The Bertz CT molecular complexity index is 177. The van der Waals surface area contributed by atoms with E-state index in [9.17, 15) is 0 Å². The minimum atomic E-state index is 0.177. The summed E-state index contributed by atoms with van der Waals surface area (Å²) in [7, 11) is 0. The molecule has 1 saturated heterocycles. The number of hydrogen-bond donors (Lipinski definition) is 3. The van der Waals surface area contributed by atoms with Gasteiger partial charge in [0.2, 0.25) is 5.96 Å². The molecule has 0 amide bonds. The molecule has 1 aliphatic heterocycles. The van der Waals surface area contributed by atoms with Crippen LogP contribution in [0.2, 0.25) is 0 Å². The number of aliphatic imine (C=N–C) groups is 1. The summed E-state index contributed by atoms with van der Waals surface area (Å²) in [6.45, 7) is 3.68. The zero-order chi connectivity index (χ0) is 9.68. The van der Waals surface area contributed by atoms with E-state index in [0.717, 1.165) is 26.1 Å². The lowest BCUT2D eigenvalue weighted by Gasteiger charge is -2.25. The van der Waals surface area contributed by atoms with Crippen LogP contribution >= 0.6 is 0 Å². The molecule has 2 atom stereocenters. The van der Waals surface area contributed by atoms with Crippen molar-refractivity contribution in [2.45, 2.75) is 25.8 Å². The molecule has 0 aromatic rings. The quantitative estimate of drug-likeness (QED) is 0.237. The molecule has 1 fully saturated rings. The molecule has 1 heterocycles. The standard InChI is InChI=1S/C8H18N4O/c1-6(11-8(9)12-10)7-3-2-4-13-5-7/h6-7H,2-5,10H2,1H3,(H3,9,11,12). The maximum Gasteiger partial charge on any atom is 0.203 e. The van der Waals surface area contributed by atoms with Crippen LogP contribution in [0.3, 0.4) is 0 Å². The van der Waals surface area contributed by atoms with E-state index in [1.54, 1.807) is 0 Å². The minimum absolute atomic E-state index is 0.177. The van der Waals surface area contributed by atoms with Crippen LogP contribution in [-0.4, -0.2) is 25.2 Å². The van der Waals surface area contributed by atoms with Crippen LogP contribution in [0.5, 0.6) is 0 Å². The van der Waals surface area contributed by atoms with Crippen molar-refractivity contribution in [2.75, 3.05) is 13.2 Å². The second-order valence-corrected chi connectivity index (χ2v) is 3.38. The minimum Gasteiger partial charge on any atom is -0.381 e. The van der Waals surface area contributed by atoms with Gasteiger partial charge in [-0.25, -0.2) is 10.8 Å². The van der Waals surface area contributed by atoms with Gasteiger partial charge in [-0.05, 0) is 19.8 Å². The van der Waals surface area contributed by atoms with Crippen molar-refractivity contribution in [3.8, 4) is 0 Å². The molecule has 0 aliphatic carbocycles. The number of nitrogens with one attached hydrogen (secondary N) is 1. The molecule has 13 heavy (non-hydrogen) atoms. The molecule has 2 unspecified atom stereocenters. The lowest BCUT2D eigenvalue weighted by atomic mass is 9.95. The smallest absolute Gasteiger partial charge is 0.203 e. The Hall–Kier alpha value is -0.810. The average Bonchev–Trinajstić information content (AvgIpc) is 2.19. The van der Waals surface area contributed by atoms with Crippen molar-refractivity contribution in [3.05, 3.63) is 0 Å². The normalized spacial score (nSPS) is 26.9. The van der Waals surface area contributed by atoms with Crippen molar-refractivity contribution in [2.24, 2.45) is 22.5 Å². The van der Waals surface area contributed by atoms with Gasteiger partial charge in [0.05, 0.1) is 12.6 Å². The molecule has 1 rings (SSSR count). The average molecular weight is 186 g/mol. The second-order valence-electron chi connectivity index (χ2n) is 3.38. The third-order valence-corrected chi connectivity index (χ3v) is 2.37. The summed E-state index contributed by atoms with van der Waals surface area (Å²) in [6.07, 6.45) is 2.27. The van der Waals surface area contributed by atoms with Gasteiger partial charge in [0, 0.05) is 12.5 Å². The maximum atomic E-state index is 5.45. The van der Waals surface area contributed by atoms with Crippen LogP contribution in [0.25, 0.3) is 0 Å². The van der Waals surface area contributed by atoms with Crippen molar-refractivity contribution >= 4 is 5.96 Å². The van der Waals surface area contributed by atoms with E-state index >= 15 is 0 Å². The Morgan fingerprint density at radius 1 is 1.69 bits per heavy atom. The van der Waals surface area contributed by atoms with Gasteiger partial charge in [-0.3, -0.25) is 5.43 Å². The molecular formula is C8H18N4O. The Labute approximate surface area is 78.5 Å². The molecule has 5 nitrogen and oxygen atoms in total. The van der Waals surface area contributed by atoms with Gasteiger partial charge in [0.25, 0.3) is 0 Å². The molecule has 0 spiro atoms. The Kier molecular flexibility index (Phi) is 3.98. The van der Waals surface area contributed by atoms with Crippen LogP contribution in [0.4, 0.5) is 0 Å². The highest BCUT2D eigenvalue weighted by atomic mass is 16.5. The van der Waals surface area contributed by atoms with Crippen molar-refractivity contribution in [3.63, 3.8) is 0 Å². The first-order valence-corrected chi connectivity index (χ1v) is 4.61. The fourth-order valence-electron chi connectivity index (χ4n) is 1.51. The molecule has 0 saturated carbocycles. The van der Waals surface area contributed by atoms with Crippen molar-refractivity contribution in [1.29, 1.82) is 0 Å². The third-order valence-electron chi connectivity index (χ3n) is 2.37. The lowest BCUT2D eigenvalue weighted by Crippen LogP contribution is -2.39. The molecule has 0 bridgehead atoms. The predicted molar refractivity (Wildman–Crippen MR) is 52.0 cm³/mol. The Balaban J connectivity index is 2.41. The summed E-state index contributed by atoms with van der Waals surface area (Å²) in [5.74, 6) is 5.88. The van der Waals surface area contributed by atoms with Gasteiger partial charge in [-0.1, -0.05) is 0 Å². The van der Waals surface area contributed by atoms with Gasteiger partial charge in [0.1, 0.15) is 0 Å². The van der Waals surface area contributed by atoms with Crippen LogP contribution < -0.4 is 17.0 Å². The first-order valence-electron chi connectivity index (χ1n) is 4.61. The van der Waals surface area contributed by atoms with Gasteiger partial charge in [-0.15, -0.1) is 0 Å². The van der Waals surface area contributed by atoms with Gasteiger partial charge in [0.15, 0.2) is 0 Å². The first-order chi connectivity index (χ1) is 6.24. The van der Waals surface area contributed by atoms with Crippen LogP contribution in [0, 0.1) is 5.92 Å². The maximum absolute atomic E-state index is 5.45. The number of hydrazine groups is 1. The zero-order valence-corrected chi connectivity index (χ0v) is 7.99. The molecule has 5 N–H and O–H groups in total. The zero-order valence-electron chi connectivity index (χ0n) is 7.99. The molecule has 1 aliphatic rings. The Morgan fingerprint density at radius 2 is 2.46 bits per heavy atom. The second kappa shape index (κ2) is 5.04. The van der Waals surface area contributed by atoms with E-state index in [-0.39, 0.29) is 12.0 Å². The summed E-state index contributed by atoms with van der Waals surface area (Å²) < 4.78 is 5.36. The monoisotopic (exact) mass is 186 g/mol.